The van der Waals surface area contributed by atoms with Crippen molar-refractivity contribution >= 4 is 0 Å². The van der Waals surface area contributed by atoms with Crippen molar-refractivity contribution in [2.75, 3.05) is 32.9 Å². The lowest BCUT2D eigenvalue weighted by atomic mass is 10.2. The van der Waals surface area contributed by atoms with E-state index in [4.69, 9.17) is 14.7 Å². The van der Waals surface area contributed by atoms with Gasteiger partial charge in [0, 0.05) is 19.7 Å². The van der Waals surface area contributed by atoms with E-state index in [-0.39, 0.29) is 6.61 Å². The molecule has 1 fully saturated rings. The minimum absolute atomic E-state index is 0.161. The van der Waals surface area contributed by atoms with E-state index in [2.05, 4.69) is 11.4 Å². The van der Waals surface area contributed by atoms with Gasteiger partial charge in [-0.15, -0.1) is 0 Å². The summed E-state index contributed by atoms with van der Waals surface area (Å²) in [4.78, 5) is 0. The van der Waals surface area contributed by atoms with Crippen LogP contribution in [0.4, 0.5) is 0 Å². The van der Waals surface area contributed by atoms with Gasteiger partial charge in [-0.25, -0.2) is 0 Å². The second-order valence-corrected chi connectivity index (χ2v) is 5.30. The summed E-state index contributed by atoms with van der Waals surface area (Å²) in [7, 11) is 0. The summed E-state index contributed by atoms with van der Waals surface area (Å²) in [5.41, 5.74) is 0.478. The molecule has 1 aromatic rings. The van der Waals surface area contributed by atoms with Gasteiger partial charge in [-0.1, -0.05) is 12.1 Å². The Morgan fingerprint density at radius 2 is 2.19 bits per heavy atom. The van der Waals surface area contributed by atoms with Crippen LogP contribution in [0.15, 0.2) is 24.3 Å². The highest BCUT2D eigenvalue weighted by molar-refractivity contribution is 5.42. The Morgan fingerprint density at radius 1 is 1.38 bits per heavy atom. The fourth-order valence-corrected chi connectivity index (χ4v) is 1.88. The van der Waals surface area contributed by atoms with Gasteiger partial charge in [0.25, 0.3) is 0 Å². The van der Waals surface area contributed by atoms with Crippen molar-refractivity contribution < 1.29 is 14.6 Å². The molecule has 0 spiro atoms. The van der Waals surface area contributed by atoms with Crippen LogP contribution in [0.1, 0.15) is 18.4 Å². The molecule has 5 heteroatoms. The van der Waals surface area contributed by atoms with E-state index in [0.717, 1.165) is 19.1 Å². The Labute approximate surface area is 125 Å². The maximum absolute atomic E-state index is 9.82. The minimum Gasteiger partial charge on any atom is -0.489 e. The number of rotatable bonds is 10. The van der Waals surface area contributed by atoms with E-state index in [1.54, 1.807) is 24.3 Å². The highest BCUT2D eigenvalue weighted by atomic mass is 16.5. The SMILES string of the molecule is N#Cc1ccccc1OCC(O)CNCCOCC1CC1. The number of hydrogen-bond acceptors (Lipinski definition) is 5. The third-order valence-electron chi connectivity index (χ3n) is 3.29. The maximum atomic E-state index is 9.82. The predicted molar refractivity (Wildman–Crippen MR) is 79.1 cm³/mol. The van der Waals surface area contributed by atoms with Crippen molar-refractivity contribution in [2.45, 2.75) is 18.9 Å². The number of para-hydroxylation sites is 1. The molecule has 0 radical (unpaired) electrons. The zero-order chi connectivity index (χ0) is 14.9. The zero-order valence-corrected chi connectivity index (χ0v) is 12.1. The first-order valence-corrected chi connectivity index (χ1v) is 7.38. The van der Waals surface area contributed by atoms with Gasteiger partial charge in [-0.2, -0.15) is 5.26 Å². The molecule has 0 aliphatic heterocycles. The second kappa shape index (κ2) is 8.63. The van der Waals surface area contributed by atoms with E-state index in [1.165, 1.54) is 12.8 Å². The molecule has 114 valence electrons. The Kier molecular flexibility index (Phi) is 6.48. The van der Waals surface area contributed by atoms with Crippen molar-refractivity contribution in [1.29, 1.82) is 5.26 Å². The molecule has 1 aliphatic rings. The molecule has 5 nitrogen and oxygen atoms in total. The van der Waals surface area contributed by atoms with Crippen LogP contribution in [0, 0.1) is 17.2 Å². The van der Waals surface area contributed by atoms with Crippen molar-refractivity contribution in [3.8, 4) is 11.8 Å². The Hall–Kier alpha value is -1.61. The number of nitriles is 1. The summed E-state index contributed by atoms with van der Waals surface area (Å²) in [6.07, 6.45) is 1.99. The molecule has 1 aromatic carbocycles. The van der Waals surface area contributed by atoms with Gasteiger partial charge >= 0.3 is 0 Å². The van der Waals surface area contributed by atoms with Crippen LogP contribution in [0.2, 0.25) is 0 Å². The molecule has 0 amide bonds. The normalized spacial score (nSPS) is 15.4. The Bertz CT molecular complexity index is 469. The van der Waals surface area contributed by atoms with Crippen molar-refractivity contribution in [1.82, 2.24) is 5.32 Å². The van der Waals surface area contributed by atoms with Crippen LogP contribution >= 0.6 is 0 Å². The molecule has 1 unspecified atom stereocenters. The van der Waals surface area contributed by atoms with Crippen molar-refractivity contribution in [3.05, 3.63) is 29.8 Å². The third kappa shape index (κ3) is 6.13. The first-order chi connectivity index (χ1) is 10.3. The fourth-order valence-electron chi connectivity index (χ4n) is 1.88. The highest BCUT2D eigenvalue weighted by Gasteiger charge is 2.20. The molecule has 2 rings (SSSR count). The summed E-state index contributed by atoms with van der Waals surface area (Å²) in [6.45, 7) is 2.86. The number of benzene rings is 1. The number of nitrogens with one attached hydrogen (secondary N) is 1. The number of ether oxygens (including phenoxy) is 2. The molecule has 0 bridgehead atoms. The van der Waals surface area contributed by atoms with Gasteiger partial charge in [0.15, 0.2) is 0 Å². The molecule has 1 saturated carbocycles. The number of nitrogens with zero attached hydrogens (tertiary/aromatic N) is 1. The summed E-state index contributed by atoms with van der Waals surface area (Å²) in [5.74, 6) is 1.29. The second-order valence-electron chi connectivity index (χ2n) is 5.30. The minimum atomic E-state index is -0.611. The van der Waals surface area contributed by atoms with Crippen LogP contribution in [0.5, 0.6) is 5.75 Å². The van der Waals surface area contributed by atoms with Gasteiger partial charge in [-0.05, 0) is 30.9 Å². The van der Waals surface area contributed by atoms with Gasteiger partial charge in [0.05, 0.1) is 12.2 Å². The predicted octanol–water partition coefficient (Wildman–Crippen LogP) is 1.31. The van der Waals surface area contributed by atoms with E-state index >= 15 is 0 Å². The van der Waals surface area contributed by atoms with Crippen LogP contribution in [0.25, 0.3) is 0 Å². The van der Waals surface area contributed by atoms with Gasteiger partial charge in [0.1, 0.15) is 24.5 Å². The summed E-state index contributed by atoms with van der Waals surface area (Å²) < 4.78 is 11.0. The molecule has 21 heavy (non-hydrogen) atoms. The van der Waals surface area contributed by atoms with Crippen molar-refractivity contribution in [2.24, 2.45) is 5.92 Å². The summed E-state index contributed by atoms with van der Waals surface area (Å²) in [5, 5.41) is 21.9. The maximum Gasteiger partial charge on any atom is 0.137 e. The highest BCUT2D eigenvalue weighted by Crippen LogP contribution is 2.28. The topological polar surface area (TPSA) is 74.5 Å². The lowest BCUT2D eigenvalue weighted by Crippen LogP contribution is -2.33. The number of aliphatic hydroxyl groups is 1. The molecular weight excluding hydrogens is 268 g/mol. The van der Waals surface area contributed by atoms with Crippen LogP contribution in [-0.2, 0) is 4.74 Å². The van der Waals surface area contributed by atoms with Gasteiger partial charge in [0.2, 0.25) is 0 Å². The van der Waals surface area contributed by atoms with Crippen LogP contribution in [-0.4, -0.2) is 44.1 Å². The lowest BCUT2D eigenvalue weighted by molar-refractivity contribution is 0.0966. The summed E-state index contributed by atoms with van der Waals surface area (Å²) >= 11 is 0. The average molecular weight is 290 g/mol. The quantitative estimate of drug-likeness (QED) is 0.636. The van der Waals surface area contributed by atoms with Crippen LogP contribution in [0.3, 0.4) is 0 Å². The molecule has 2 N–H and O–H groups in total. The zero-order valence-electron chi connectivity index (χ0n) is 12.1. The first kappa shape index (κ1) is 15.8. The molecule has 0 aromatic heterocycles. The first-order valence-electron chi connectivity index (χ1n) is 7.38. The fraction of sp³-hybridized carbons (Fsp3) is 0.562. The van der Waals surface area contributed by atoms with E-state index in [0.29, 0.717) is 24.5 Å². The summed E-state index contributed by atoms with van der Waals surface area (Å²) in [6, 6.07) is 9.07. The van der Waals surface area contributed by atoms with Gasteiger partial charge in [-0.3, -0.25) is 0 Å². The Morgan fingerprint density at radius 3 is 2.95 bits per heavy atom. The lowest BCUT2D eigenvalue weighted by Gasteiger charge is -2.14. The molecule has 0 heterocycles. The smallest absolute Gasteiger partial charge is 0.137 e. The Balaban J connectivity index is 1.54. The van der Waals surface area contributed by atoms with Crippen LogP contribution < -0.4 is 10.1 Å². The standard InChI is InChI=1S/C16H22N2O3/c17-9-14-3-1-2-4-16(14)21-12-15(19)10-18-7-8-20-11-13-5-6-13/h1-4,13,15,18-19H,5-8,10-12H2. The van der Waals surface area contributed by atoms with E-state index < -0.39 is 6.10 Å². The average Bonchev–Trinajstić information content (AvgIpc) is 3.33. The molecule has 1 atom stereocenters. The van der Waals surface area contributed by atoms with E-state index in [9.17, 15) is 5.11 Å². The molecular formula is C16H22N2O3. The molecule has 0 saturated heterocycles. The van der Waals surface area contributed by atoms with Crippen molar-refractivity contribution in [3.63, 3.8) is 0 Å². The number of hydrogen-bond donors (Lipinski definition) is 2. The van der Waals surface area contributed by atoms with E-state index in [1.807, 2.05) is 0 Å². The van der Waals surface area contributed by atoms with Gasteiger partial charge < -0.3 is 19.9 Å². The monoisotopic (exact) mass is 290 g/mol. The number of aliphatic hydroxyl groups excluding tert-OH is 1. The largest absolute Gasteiger partial charge is 0.489 e. The third-order valence-corrected chi connectivity index (χ3v) is 3.29. The molecule has 1 aliphatic carbocycles.